The minimum atomic E-state index is -5.35. The molecule has 0 spiro atoms. The molecule has 3 rings (SSSR count). The zero-order valence-corrected chi connectivity index (χ0v) is 19.3. The zero-order valence-electron chi connectivity index (χ0n) is 19.3. The van der Waals surface area contributed by atoms with Gasteiger partial charge in [0.05, 0.1) is 23.8 Å². The molecule has 0 aromatic heterocycles. The molecule has 0 unspecified atom stereocenters. The third kappa shape index (κ3) is 7.44. The number of benzene rings is 2. The molecule has 0 heterocycles. The number of halogens is 7. The number of anilines is 1. The molecule has 1 aliphatic rings. The van der Waals surface area contributed by atoms with Crippen LogP contribution >= 0.6 is 0 Å². The van der Waals surface area contributed by atoms with Gasteiger partial charge in [0, 0.05) is 42.8 Å². The summed E-state index contributed by atoms with van der Waals surface area (Å²) in [6.45, 7) is 0.397. The summed E-state index contributed by atoms with van der Waals surface area (Å²) in [5.74, 6) is -1.85. The second kappa shape index (κ2) is 11.2. The van der Waals surface area contributed by atoms with E-state index in [0.29, 0.717) is 12.3 Å². The van der Waals surface area contributed by atoms with Crippen molar-refractivity contribution < 1.29 is 45.0 Å². The monoisotopic (exact) mass is 533 g/mol. The van der Waals surface area contributed by atoms with Gasteiger partial charge in [-0.1, -0.05) is 0 Å². The van der Waals surface area contributed by atoms with E-state index in [1.807, 2.05) is 0 Å². The molecule has 0 aliphatic heterocycles. The minimum Gasteiger partial charge on any atom is -0.409 e. The highest BCUT2D eigenvalue weighted by Crippen LogP contribution is 2.44. The number of hydrogen-bond acceptors (Lipinski definition) is 5. The van der Waals surface area contributed by atoms with Crippen molar-refractivity contribution in [2.75, 3.05) is 25.1 Å². The number of rotatable bonds is 9. The summed E-state index contributed by atoms with van der Waals surface area (Å²) < 4.78 is 106. The highest BCUT2D eigenvalue weighted by molar-refractivity contribution is 6.10. The van der Waals surface area contributed by atoms with Crippen LogP contribution in [0.15, 0.2) is 42.6 Å². The fraction of sp³-hybridized carbons (Fsp3) is 0.333. The van der Waals surface area contributed by atoms with Crippen molar-refractivity contribution in [2.24, 2.45) is 0 Å². The van der Waals surface area contributed by atoms with Gasteiger partial charge in [-0.25, -0.2) is 9.18 Å². The van der Waals surface area contributed by atoms with E-state index >= 15 is 0 Å². The van der Waals surface area contributed by atoms with Crippen molar-refractivity contribution in [1.82, 2.24) is 5.32 Å². The van der Waals surface area contributed by atoms with Crippen LogP contribution in [0.2, 0.25) is 0 Å². The Morgan fingerprint density at radius 2 is 1.76 bits per heavy atom. The average Bonchev–Trinajstić information content (AvgIpc) is 3.64. The lowest BCUT2D eigenvalue weighted by Gasteiger charge is -2.22. The van der Waals surface area contributed by atoms with Crippen LogP contribution < -0.4 is 15.0 Å². The Kier molecular flexibility index (Phi) is 8.46. The smallest absolute Gasteiger partial charge is 0.409 e. The topological polar surface area (TPSA) is 74.7 Å². The summed E-state index contributed by atoms with van der Waals surface area (Å²) >= 11 is 0. The van der Waals surface area contributed by atoms with Gasteiger partial charge in [0.15, 0.2) is 5.75 Å². The van der Waals surface area contributed by atoms with Gasteiger partial charge in [-0.2, -0.15) is 26.3 Å². The summed E-state index contributed by atoms with van der Waals surface area (Å²) in [4.78, 5) is 13.5. The van der Waals surface area contributed by atoms with Crippen molar-refractivity contribution in [3.05, 3.63) is 65.1 Å². The summed E-state index contributed by atoms with van der Waals surface area (Å²) in [6, 6.07) is 4.52. The Hall–Kier alpha value is -3.61. The van der Waals surface area contributed by atoms with E-state index in [1.165, 1.54) is 0 Å². The Bertz CT molecular complexity index is 1160. The first-order chi connectivity index (χ1) is 17.3. The third-order valence-electron chi connectivity index (χ3n) is 5.25. The van der Waals surface area contributed by atoms with Crippen LogP contribution in [-0.2, 0) is 17.1 Å². The quantitative estimate of drug-likeness (QED) is 0.227. The maximum Gasteiger partial charge on any atom is 0.420 e. The van der Waals surface area contributed by atoms with Gasteiger partial charge in [-0.3, -0.25) is 4.90 Å². The molecular weight excluding hydrogens is 511 g/mol. The van der Waals surface area contributed by atoms with Crippen LogP contribution in [0.4, 0.5) is 41.2 Å². The lowest BCUT2D eigenvalue weighted by Crippen LogP contribution is -2.30. The fourth-order valence-electron chi connectivity index (χ4n) is 3.15. The molecule has 2 N–H and O–H groups in total. The SMILES string of the molecule is CN(C(=O)Oc1c(/C(C=N)=C/NCCOC2CC2)cc(C(F)(F)F)cc1C(F)(F)F)c1ccc(F)cc1. The molecule has 1 fully saturated rings. The van der Waals surface area contributed by atoms with E-state index in [1.54, 1.807) is 0 Å². The first-order valence-corrected chi connectivity index (χ1v) is 10.9. The number of hydrogen-bond donors (Lipinski definition) is 2. The molecule has 1 aliphatic carbocycles. The molecule has 0 saturated heterocycles. The Morgan fingerprint density at radius 3 is 2.30 bits per heavy atom. The van der Waals surface area contributed by atoms with Crippen LogP contribution in [0.1, 0.15) is 29.5 Å². The molecule has 1 saturated carbocycles. The summed E-state index contributed by atoms with van der Waals surface area (Å²) in [5.41, 5.74) is -4.65. The van der Waals surface area contributed by atoms with E-state index < -0.39 is 52.3 Å². The molecule has 200 valence electrons. The number of amides is 1. The number of carbonyl (C=O) groups excluding carboxylic acids is 1. The van der Waals surface area contributed by atoms with Gasteiger partial charge in [0.2, 0.25) is 0 Å². The summed E-state index contributed by atoms with van der Waals surface area (Å²) in [6.07, 6.45) is -8.37. The zero-order chi connectivity index (χ0) is 27.4. The standard InChI is InChI=1S/C24H22F7N3O3/c1-34(17-4-2-16(25)3-5-17)22(35)37-21-19(14(12-32)13-33-8-9-36-18-6-7-18)10-15(23(26,27)28)11-20(21)24(29,30)31/h2-5,10-13,18,32-33H,6-9H2,1H3/b14-13+,32-12?. The van der Waals surface area contributed by atoms with Gasteiger partial charge in [-0.05, 0) is 49.2 Å². The van der Waals surface area contributed by atoms with Crippen LogP contribution in [0.5, 0.6) is 5.75 Å². The first-order valence-electron chi connectivity index (χ1n) is 10.9. The number of allylic oxidation sites excluding steroid dienone is 1. The summed E-state index contributed by atoms with van der Waals surface area (Å²) in [7, 11) is 1.13. The van der Waals surface area contributed by atoms with Crippen molar-refractivity contribution in [2.45, 2.75) is 31.3 Å². The normalized spacial score (nSPS) is 14.3. The lowest BCUT2D eigenvalue weighted by atomic mass is 9.98. The molecule has 0 radical (unpaired) electrons. The predicted molar refractivity (Wildman–Crippen MR) is 121 cm³/mol. The van der Waals surface area contributed by atoms with Crippen LogP contribution in [0.3, 0.4) is 0 Å². The largest absolute Gasteiger partial charge is 0.420 e. The Labute approximate surface area is 207 Å². The van der Waals surface area contributed by atoms with Crippen molar-refractivity contribution in [1.29, 1.82) is 5.41 Å². The van der Waals surface area contributed by atoms with Crippen LogP contribution in [0, 0.1) is 11.2 Å². The molecule has 0 atom stereocenters. The second-order valence-corrected chi connectivity index (χ2v) is 8.07. The minimum absolute atomic E-state index is 0.0496. The van der Waals surface area contributed by atoms with E-state index in [0.717, 1.165) is 55.3 Å². The van der Waals surface area contributed by atoms with E-state index in [4.69, 9.17) is 14.9 Å². The number of ether oxygens (including phenoxy) is 2. The Morgan fingerprint density at radius 1 is 1.11 bits per heavy atom. The van der Waals surface area contributed by atoms with Gasteiger partial charge in [0.25, 0.3) is 0 Å². The molecule has 6 nitrogen and oxygen atoms in total. The highest BCUT2D eigenvalue weighted by Gasteiger charge is 2.41. The third-order valence-corrected chi connectivity index (χ3v) is 5.25. The number of nitrogens with zero attached hydrogens (tertiary/aromatic N) is 1. The number of carbonyl (C=O) groups is 1. The molecule has 1 amide bonds. The first kappa shape index (κ1) is 28.0. The highest BCUT2D eigenvalue weighted by atomic mass is 19.4. The van der Waals surface area contributed by atoms with Crippen LogP contribution in [-0.4, -0.2) is 38.6 Å². The average molecular weight is 533 g/mol. The van der Waals surface area contributed by atoms with Crippen LogP contribution in [0.25, 0.3) is 5.57 Å². The number of nitrogens with one attached hydrogen (secondary N) is 2. The maximum atomic E-state index is 13.9. The second-order valence-electron chi connectivity index (χ2n) is 8.07. The van der Waals surface area contributed by atoms with Crippen molar-refractivity contribution >= 4 is 23.6 Å². The van der Waals surface area contributed by atoms with Gasteiger partial charge in [-0.15, -0.1) is 0 Å². The van der Waals surface area contributed by atoms with E-state index in [-0.39, 0.29) is 31.0 Å². The molecule has 0 bridgehead atoms. The van der Waals surface area contributed by atoms with Crippen molar-refractivity contribution in [3.8, 4) is 5.75 Å². The Balaban J connectivity index is 2.03. The van der Waals surface area contributed by atoms with Gasteiger partial charge in [0.1, 0.15) is 5.82 Å². The van der Waals surface area contributed by atoms with E-state index in [2.05, 4.69) is 5.32 Å². The van der Waals surface area contributed by atoms with Gasteiger partial charge >= 0.3 is 18.4 Å². The molecule has 37 heavy (non-hydrogen) atoms. The number of alkyl halides is 6. The van der Waals surface area contributed by atoms with E-state index in [9.17, 15) is 35.5 Å². The fourth-order valence-corrected chi connectivity index (χ4v) is 3.15. The maximum absolute atomic E-state index is 13.9. The summed E-state index contributed by atoms with van der Waals surface area (Å²) in [5, 5.41) is 10.3. The molecule has 2 aromatic rings. The van der Waals surface area contributed by atoms with Gasteiger partial charge < -0.3 is 20.2 Å². The molecule has 2 aromatic carbocycles. The molecular formula is C24H22F7N3O3. The predicted octanol–water partition coefficient (Wildman–Crippen LogP) is 6.26. The van der Waals surface area contributed by atoms with Crippen molar-refractivity contribution in [3.63, 3.8) is 0 Å². The lowest BCUT2D eigenvalue weighted by molar-refractivity contribution is -0.143. The molecule has 13 heteroatoms.